The van der Waals surface area contributed by atoms with Gasteiger partial charge in [0, 0.05) is 0 Å². The maximum Gasteiger partial charge on any atom is 0.0687 e. The molecule has 1 N–H and O–H groups in total. The van der Waals surface area contributed by atoms with Crippen LogP contribution in [-0.4, -0.2) is 5.11 Å². The second-order valence-electron chi connectivity index (χ2n) is 4.42. The molecule has 0 saturated heterocycles. The van der Waals surface area contributed by atoms with Gasteiger partial charge in [0.2, 0.25) is 0 Å². The average Bonchev–Trinajstić information content (AvgIpc) is 2.33. The summed E-state index contributed by atoms with van der Waals surface area (Å²) in [6, 6.07) is 6.46. The van der Waals surface area contributed by atoms with Gasteiger partial charge in [0.15, 0.2) is 0 Å². The first kappa shape index (κ1) is 13.2. The Bertz CT molecular complexity index is 278. The van der Waals surface area contributed by atoms with Crippen LogP contribution in [0.1, 0.15) is 56.2 Å². The molecule has 90 valence electrons. The predicted molar refractivity (Wildman–Crippen MR) is 69.6 cm³/mol. The van der Waals surface area contributed by atoms with Crippen LogP contribution in [0, 0.1) is 0 Å². The number of aryl methyl sites for hydroxylation is 2. The largest absolute Gasteiger partial charge is 0.392 e. The molecule has 0 aliphatic carbocycles. The summed E-state index contributed by atoms with van der Waals surface area (Å²) in [7, 11) is 0. The van der Waals surface area contributed by atoms with Crippen molar-refractivity contribution in [2.24, 2.45) is 0 Å². The van der Waals surface area contributed by atoms with Crippen molar-refractivity contribution in [3.63, 3.8) is 0 Å². The van der Waals surface area contributed by atoms with Gasteiger partial charge in [0.25, 0.3) is 0 Å². The molecule has 0 fully saturated rings. The number of hydrogen-bond acceptors (Lipinski definition) is 1. The van der Waals surface area contributed by atoms with Crippen molar-refractivity contribution in [1.29, 1.82) is 0 Å². The van der Waals surface area contributed by atoms with Crippen LogP contribution < -0.4 is 0 Å². The lowest BCUT2D eigenvalue weighted by molar-refractivity contribution is 0.279. The van der Waals surface area contributed by atoms with Gasteiger partial charge in [-0.1, -0.05) is 44.9 Å². The van der Waals surface area contributed by atoms with E-state index in [1.807, 2.05) is 0 Å². The average molecular weight is 220 g/mol. The first-order chi connectivity index (χ1) is 7.83. The Balaban J connectivity index is 2.82. The Morgan fingerprint density at radius 2 is 1.44 bits per heavy atom. The van der Waals surface area contributed by atoms with Gasteiger partial charge in [-0.25, -0.2) is 0 Å². The molecule has 0 spiro atoms. The fourth-order valence-electron chi connectivity index (χ4n) is 2.09. The molecule has 1 rings (SSSR count). The van der Waals surface area contributed by atoms with Crippen molar-refractivity contribution in [3.05, 3.63) is 34.9 Å². The van der Waals surface area contributed by atoms with E-state index in [-0.39, 0.29) is 6.61 Å². The van der Waals surface area contributed by atoms with Gasteiger partial charge in [-0.2, -0.15) is 0 Å². The summed E-state index contributed by atoms with van der Waals surface area (Å²) >= 11 is 0. The van der Waals surface area contributed by atoms with Crippen LogP contribution >= 0.6 is 0 Å². The quantitative estimate of drug-likeness (QED) is 0.739. The third kappa shape index (κ3) is 3.64. The molecule has 1 aromatic carbocycles. The molecule has 0 unspecified atom stereocenters. The van der Waals surface area contributed by atoms with Gasteiger partial charge >= 0.3 is 0 Å². The van der Waals surface area contributed by atoms with Gasteiger partial charge in [-0.05, 0) is 42.4 Å². The van der Waals surface area contributed by atoms with E-state index in [2.05, 4.69) is 32.0 Å². The third-order valence-electron chi connectivity index (χ3n) is 3.13. The van der Waals surface area contributed by atoms with Crippen molar-refractivity contribution >= 4 is 0 Å². The third-order valence-corrected chi connectivity index (χ3v) is 3.13. The molecule has 1 nitrogen and oxygen atoms in total. The van der Waals surface area contributed by atoms with E-state index in [0.29, 0.717) is 0 Å². The molecule has 0 radical (unpaired) electrons. The summed E-state index contributed by atoms with van der Waals surface area (Å²) in [5.41, 5.74) is 3.88. The van der Waals surface area contributed by atoms with Crippen LogP contribution in [-0.2, 0) is 19.4 Å². The van der Waals surface area contributed by atoms with E-state index in [1.165, 1.54) is 42.4 Å². The molecular formula is C15H24O. The molecule has 0 saturated carbocycles. The van der Waals surface area contributed by atoms with Gasteiger partial charge < -0.3 is 5.11 Å². The molecule has 0 bridgehead atoms. The topological polar surface area (TPSA) is 20.2 Å². The summed E-state index contributed by atoms with van der Waals surface area (Å²) in [6.45, 7) is 4.61. The van der Waals surface area contributed by atoms with Gasteiger partial charge in [-0.15, -0.1) is 0 Å². The van der Waals surface area contributed by atoms with Crippen molar-refractivity contribution in [2.45, 2.75) is 59.0 Å². The first-order valence-corrected chi connectivity index (χ1v) is 6.54. The minimum absolute atomic E-state index is 0.193. The number of hydrogen-bond donors (Lipinski definition) is 1. The Labute approximate surface area is 99.5 Å². The second kappa shape index (κ2) is 7.45. The summed E-state index contributed by atoms with van der Waals surface area (Å²) in [5.74, 6) is 0. The predicted octanol–water partition coefficient (Wildman–Crippen LogP) is 3.86. The highest BCUT2D eigenvalue weighted by Crippen LogP contribution is 2.19. The van der Waals surface area contributed by atoms with Crippen LogP contribution in [0.2, 0.25) is 0 Å². The first-order valence-electron chi connectivity index (χ1n) is 6.54. The Morgan fingerprint density at radius 1 is 0.938 bits per heavy atom. The lowest BCUT2D eigenvalue weighted by Crippen LogP contribution is -2.00. The molecule has 1 heteroatoms. The highest BCUT2D eigenvalue weighted by Gasteiger charge is 2.06. The summed E-state index contributed by atoms with van der Waals surface area (Å²) < 4.78 is 0. The highest BCUT2D eigenvalue weighted by atomic mass is 16.3. The van der Waals surface area contributed by atoms with Crippen LogP contribution in [0.4, 0.5) is 0 Å². The minimum Gasteiger partial charge on any atom is -0.392 e. The standard InChI is InChI=1S/C15H24O/c1-3-5-8-13-10-7-11-14(9-6-4-2)15(13)12-16/h7,10-11,16H,3-6,8-9,12H2,1-2H3. The number of unbranched alkanes of at least 4 members (excludes halogenated alkanes) is 2. The van der Waals surface area contributed by atoms with Crippen molar-refractivity contribution in [2.75, 3.05) is 0 Å². The monoisotopic (exact) mass is 220 g/mol. The molecule has 0 amide bonds. The maximum atomic E-state index is 9.50. The van der Waals surface area contributed by atoms with Crippen molar-refractivity contribution in [3.8, 4) is 0 Å². The number of rotatable bonds is 7. The molecule has 0 aliphatic rings. The van der Waals surface area contributed by atoms with E-state index < -0.39 is 0 Å². The van der Waals surface area contributed by atoms with Crippen LogP contribution in [0.25, 0.3) is 0 Å². The lowest BCUT2D eigenvalue weighted by Gasteiger charge is -2.12. The van der Waals surface area contributed by atoms with E-state index in [4.69, 9.17) is 0 Å². The number of benzene rings is 1. The molecule has 16 heavy (non-hydrogen) atoms. The fourth-order valence-corrected chi connectivity index (χ4v) is 2.09. The lowest BCUT2D eigenvalue weighted by atomic mass is 9.95. The zero-order chi connectivity index (χ0) is 11.8. The van der Waals surface area contributed by atoms with Gasteiger partial charge in [0.05, 0.1) is 6.61 Å². The number of aliphatic hydroxyl groups is 1. The molecule has 0 aliphatic heterocycles. The van der Waals surface area contributed by atoms with Crippen molar-refractivity contribution < 1.29 is 5.11 Å². The Kier molecular flexibility index (Phi) is 6.17. The molecular weight excluding hydrogens is 196 g/mol. The van der Waals surface area contributed by atoms with Crippen LogP contribution in [0.5, 0.6) is 0 Å². The second-order valence-corrected chi connectivity index (χ2v) is 4.42. The zero-order valence-corrected chi connectivity index (χ0v) is 10.6. The van der Waals surface area contributed by atoms with Crippen LogP contribution in [0.15, 0.2) is 18.2 Å². The molecule has 1 aromatic rings. The Morgan fingerprint density at radius 3 is 1.81 bits per heavy atom. The minimum atomic E-state index is 0.193. The van der Waals surface area contributed by atoms with Crippen LogP contribution in [0.3, 0.4) is 0 Å². The Hall–Kier alpha value is -0.820. The van der Waals surface area contributed by atoms with E-state index in [0.717, 1.165) is 12.8 Å². The van der Waals surface area contributed by atoms with E-state index >= 15 is 0 Å². The molecule has 0 aromatic heterocycles. The SMILES string of the molecule is CCCCc1cccc(CCCC)c1CO. The normalized spacial score (nSPS) is 10.7. The smallest absolute Gasteiger partial charge is 0.0687 e. The summed E-state index contributed by atoms with van der Waals surface area (Å²) in [4.78, 5) is 0. The zero-order valence-electron chi connectivity index (χ0n) is 10.6. The van der Waals surface area contributed by atoms with E-state index in [1.54, 1.807) is 0 Å². The van der Waals surface area contributed by atoms with Crippen molar-refractivity contribution in [1.82, 2.24) is 0 Å². The summed E-state index contributed by atoms with van der Waals surface area (Å²) in [6.07, 6.45) is 7.06. The van der Waals surface area contributed by atoms with E-state index in [9.17, 15) is 5.11 Å². The fraction of sp³-hybridized carbons (Fsp3) is 0.600. The highest BCUT2D eigenvalue weighted by molar-refractivity contribution is 5.35. The maximum absolute atomic E-state index is 9.50. The molecule has 0 atom stereocenters. The number of aliphatic hydroxyl groups excluding tert-OH is 1. The van der Waals surface area contributed by atoms with Gasteiger partial charge in [-0.3, -0.25) is 0 Å². The molecule has 0 heterocycles. The van der Waals surface area contributed by atoms with Gasteiger partial charge in [0.1, 0.15) is 0 Å². The summed E-state index contributed by atoms with van der Waals surface area (Å²) in [5, 5.41) is 9.50.